The van der Waals surface area contributed by atoms with Crippen LogP contribution in [0.25, 0.3) is 0 Å². The highest BCUT2D eigenvalue weighted by Gasteiger charge is 1.97. The fraction of sp³-hybridized carbons (Fsp3) is 0.857. The van der Waals surface area contributed by atoms with Crippen LogP contribution in [0.2, 0.25) is 0 Å². The van der Waals surface area contributed by atoms with E-state index in [1.54, 1.807) is 18.2 Å². The summed E-state index contributed by atoms with van der Waals surface area (Å²) < 4.78 is 5.87. The van der Waals surface area contributed by atoms with E-state index in [0.717, 1.165) is 13.2 Å². The van der Waals surface area contributed by atoms with Gasteiger partial charge in [0.15, 0.2) is 0 Å². The van der Waals surface area contributed by atoms with Crippen LogP contribution in [0.5, 0.6) is 0 Å². The first-order valence-corrected chi connectivity index (χ1v) is 20.4. The van der Waals surface area contributed by atoms with Crippen molar-refractivity contribution < 1.29 is 4.74 Å². The van der Waals surface area contributed by atoms with Crippen molar-refractivity contribution in [2.24, 2.45) is 0 Å². The van der Waals surface area contributed by atoms with Crippen LogP contribution in [0.15, 0.2) is 24.3 Å². The van der Waals surface area contributed by atoms with E-state index in [4.69, 9.17) is 16.2 Å². The second-order valence-electron chi connectivity index (χ2n) is 13.9. The number of hydrogen-bond donors (Lipinski definition) is 2. The average molecular weight is 631 g/mol. The number of ether oxygens (including phenoxy) is 1. The van der Waals surface area contributed by atoms with Gasteiger partial charge in [-0.25, -0.2) is 0 Å². The van der Waals surface area contributed by atoms with Gasteiger partial charge in [-0.1, -0.05) is 213 Å². The lowest BCUT2D eigenvalue weighted by atomic mass is 10.0. The van der Waals surface area contributed by atoms with Gasteiger partial charge in [-0.2, -0.15) is 0 Å². The van der Waals surface area contributed by atoms with E-state index in [-0.39, 0.29) is 0 Å². The number of nitrogens with two attached hydrogens (primary N) is 2. The van der Waals surface area contributed by atoms with Crippen molar-refractivity contribution in [3.8, 4) is 0 Å². The summed E-state index contributed by atoms with van der Waals surface area (Å²) in [5.41, 5.74) is 12.2. The largest absolute Gasteiger partial charge is 0.399 e. The minimum Gasteiger partial charge on any atom is -0.399 e. The van der Waals surface area contributed by atoms with Crippen LogP contribution in [0, 0.1) is 0 Å². The Balaban J connectivity index is 0.00000208. The topological polar surface area (TPSA) is 61.3 Å². The fourth-order valence-electron chi connectivity index (χ4n) is 6.17. The van der Waals surface area contributed by atoms with Gasteiger partial charge in [0.05, 0.1) is 0 Å². The minimum atomic E-state index is 0.713. The third kappa shape index (κ3) is 38.9. The zero-order valence-electron chi connectivity index (χ0n) is 30.9. The van der Waals surface area contributed by atoms with E-state index < -0.39 is 0 Å². The molecule has 0 bridgehead atoms. The van der Waals surface area contributed by atoms with E-state index in [1.807, 2.05) is 6.07 Å². The SMILES string of the molecule is CCCCCCCCCCCCCCCCCCOCCCCCCCCCCCCCCCCCC.Nc1cccc(N)c1. The molecule has 0 amide bonds. The molecule has 0 radical (unpaired) electrons. The van der Waals surface area contributed by atoms with Crippen LogP contribution < -0.4 is 11.5 Å². The number of unbranched alkanes of at least 4 members (excludes halogenated alkanes) is 30. The van der Waals surface area contributed by atoms with Gasteiger partial charge in [0.25, 0.3) is 0 Å². The first-order valence-electron chi connectivity index (χ1n) is 20.4. The maximum atomic E-state index is 5.87. The van der Waals surface area contributed by atoms with E-state index in [1.165, 1.54) is 205 Å². The van der Waals surface area contributed by atoms with Crippen molar-refractivity contribution >= 4 is 11.4 Å². The molecule has 0 saturated heterocycles. The molecule has 0 atom stereocenters. The Hall–Kier alpha value is -1.22. The molecule has 0 aliphatic rings. The molecule has 4 N–H and O–H groups in total. The van der Waals surface area contributed by atoms with Gasteiger partial charge in [0, 0.05) is 24.6 Å². The van der Waals surface area contributed by atoms with Gasteiger partial charge in [-0.05, 0) is 31.0 Å². The summed E-state index contributed by atoms with van der Waals surface area (Å²) in [5, 5.41) is 0. The lowest BCUT2D eigenvalue weighted by Crippen LogP contribution is -1.97. The molecule has 0 unspecified atom stereocenters. The van der Waals surface area contributed by atoms with E-state index in [9.17, 15) is 0 Å². The molecule has 0 aliphatic heterocycles. The molecule has 45 heavy (non-hydrogen) atoms. The summed E-state index contributed by atoms with van der Waals surface area (Å²) in [7, 11) is 0. The third-order valence-electron chi connectivity index (χ3n) is 9.20. The Kier molecular flexibility index (Phi) is 37.9. The summed E-state index contributed by atoms with van der Waals surface area (Å²) in [6.07, 6.45) is 46.0. The molecular weight excluding hydrogens is 548 g/mol. The predicted octanol–water partition coefficient (Wildman–Crippen LogP) is 14.4. The maximum absolute atomic E-state index is 5.87. The van der Waals surface area contributed by atoms with Gasteiger partial charge in [0.2, 0.25) is 0 Å². The van der Waals surface area contributed by atoms with E-state index in [0.29, 0.717) is 11.4 Å². The summed E-state index contributed by atoms with van der Waals surface area (Å²) in [6, 6.07) is 7.15. The quantitative estimate of drug-likeness (QED) is 0.0588. The van der Waals surface area contributed by atoms with Gasteiger partial charge in [0.1, 0.15) is 0 Å². The van der Waals surface area contributed by atoms with Gasteiger partial charge >= 0.3 is 0 Å². The van der Waals surface area contributed by atoms with Crippen molar-refractivity contribution in [1.29, 1.82) is 0 Å². The van der Waals surface area contributed by atoms with Gasteiger partial charge in [-0.3, -0.25) is 0 Å². The second-order valence-corrected chi connectivity index (χ2v) is 13.9. The zero-order valence-corrected chi connectivity index (χ0v) is 30.9. The molecule has 0 heterocycles. The smallest absolute Gasteiger partial charge is 0.0466 e. The highest BCUT2D eigenvalue weighted by molar-refractivity contribution is 5.50. The molecule has 3 nitrogen and oxygen atoms in total. The molecule has 0 spiro atoms. The molecule has 1 aromatic carbocycles. The summed E-state index contributed by atoms with van der Waals surface area (Å²) >= 11 is 0. The number of rotatable bonds is 34. The Morgan fingerprint density at radius 1 is 0.356 bits per heavy atom. The zero-order chi connectivity index (χ0) is 32.7. The molecule has 0 aliphatic carbocycles. The van der Waals surface area contributed by atoms with Crippen LogP contribution in [-0.2, 0) is 4.74 Å². The first kappa shape index (κ1) is 43.8. The standard InChI is InChI=1S/C36H74O.C6H8N2/c1-3-5-7-9-11-13-15-17-19-21-23-25-27-29-31-33-35-37-36-34-32-30-28-26-24-22-20-18-16-14-12-10-8-6-4-2;7-5-2-1-3-6(8)4-5/h3-36H2,1-2H3;1-4H,7-8H2. The van der Waals surface area contributed by atoms with Crippen LogP contribution in [0.1, 0.15) is 219 Å². The molecular formula is C42H82N2O. The molecule has 3 heteroatoms. The Labute approximate surface area is 283 Å². The first-order chi connectivity index (χ1) is 22.2. The molecule has 0 aromatic heterocycles. The van der Waals surface area contributed by atoms with E-state index >= 15 is 0 Å². The number of benzene rings is 1. The van der Waals surface area contributed by atoms with Crippen molar-refractivity contribution in [2.75, 3.05) is 24.7 Å². The Morgan fingerprint density at radius 2 is 0.578 bits per heavy atom. The molecule has 1 aromatic rings. The number of hydrogen-bond acceptors (Lipinski definition) is 3. The van der Waals surface area contributed by atoms with Gasteiger partial charge in [-0.15, -0.1) is 0 Å². The highest BCUT2D eigenvalue weighted by atomic mass is 16.5. The molecule has 1 rings (SSSR count). The maximum Gasteiger partial charge on any atom is 0.0466 e. The number of anilines is 2. The van der Waals surface area contributed by atoms with E-state index in [2.05, 4.69) is 13.8 Å². The third-order valence-corrected chi connectivity index (χ3v) is 9.20. The Bertz CT molecular complexity index is 613. The van der Waals surface area contributed by atoms with Crippen molar-refractivity contribution in [3.63, 3.8) is 0 Å². The molecule has 266 valence electrons. The van der Waals surface area contributed by atoms with Crippen molar-refractivity contribution in [2.45, 2.75) is 219 Å². The van der Waals surface area contributed by atoms with Crippen LogP contribution in [0.3, 0.4) is 0 Å². The summed E-state index contributed by atoms with van der Waals surface area (Å²) in [5.74, 6) is 0. The lowest BCUT2D eigenvalue weighted by molar-refractivity contribution is 0.125. The molecule has 0 fully saturated rings. The Morgan fingerprint density at radius 3 is 0.778 bits per heavy atom. The van der Waals surface area contributed by atoms with Crippen LogP contribution >= 0.6 is 0 Å². The monoisotopic (exact) mass is 631 g/mol. The fourth-order valence-corrected chi connectivity index (χ4v) is 6.17. The lowest BCUT2D eigenvalue weighted by Gasteiger charge is -2.06. The summed E-state index contributed by atoms with van der Waals surface area (Å²) in [4.78, 5) is 0. The second kappa shape index (κ2) is 39.0. The minimum absolute atomic E-state index is 0.713. The van der Waals surface area contributed by atoms with Crippen molar-refractivity contribution in [1.82, 2.24) is 0 Å². The number of nitrogen functional groups attached to an aromatic ring is 2. The normalized spacial score (nSPS) is 11.1. The predicted molar refractivity (Wildman–Crippen MR) is 205 cm³/mol. The van der Waals surface area contributed by atoms with Crippen LogP contribution in [-0.4, -0.2) is 13.2 Å². The highest BCUT2D eigenvalue weighted by Crippen LogP contribution is 2.15. The molecule has 0 saturated carbocycles. The van der Waals surface area contributed by atoms with Gasteiger partial charge < -0.3 is 16.2 Å². The van der Waals surface area contributed by atoms with Crippen molar-refractivity contribution in [3.05, 3.63) is 24.3 Å². The summed E-state index contributed by atoms with van der Waals surface area (Å²) in [6.45, 7) is 6.60. The van der Waals surface area contributed by atoms with Crippen LogP contribution in [0.4, 0.5) is 11.4 Å². The average Bonchev–Trinajstić information content (AvgIpc) is 3.03.